The van der Waals surface area contributed by atoms with Crippen LogP contribution in [0.15, 0.2) is 36.7 Å². The molecule has 0 aliphatic heterocycles. The van der Waals surface area contributed by atoms with Crippen molar-refractivity contribution in [3.63, 3.8) is 0 Å². The first-order valence-corrected chi connectivity index (χ1v) is 7.66. The summed E-state index contributed by atoms with van der Waals surface area (Å²) in [5, 5.41) is 13.7. The van der Waals surface area contributed by atoms with Crippen molar-refractivity contribution in [3.8, 4) is 0 Å². The fraction of sp³-hybridized carbons (Fsp3) is 0.312. The number of nitrogens with zero attached hydrogens (tertiary/aromatic N) is 3. The van der Waals surface area contributed by atoms with E-state index in [1.807, 2.05) is 25.1 Å². The summed E-state index contributed by atoms with van der Waals surface area (Å²) in [6.45, 7) is 2.41. The molecular weight excluding hydrogens is 318 g/mol. The minimum Gasteiger partial charge on any atom is -0.480 e. The molecule has 122 valence electrons. The Kier molecular flexibility index (Phi) is 5.76. The van der Waals surface area contributed by atoms with Gasteiger partial charge >= 0.3 is 5.97 Å². The molecule has 2 aromatic rings. The summed E-state index contributed by atoms with van der Waals surface area (Å²) in [5.41, 5.74) is 1.26. The fourth-order valence-electron chi connectivity index (χ4n) is 2.23. The molecule has 1 N–H and O–H groups in total. The van der Waals surface area contributed by atoms with E-state index in [2.05, 4.69) is 5.10 Å². The molecule has 0 saturated heterocycles. The van der Waals surface area contributed by atoms with Gasteiger partial charge in [-0.1, -0.05) is 36.7 Å². The molecule has 1 amide bonds. The molecule has 7 heteroatoms. The highest BCUT2D eigenvalue weighted by atomic mass is 35.5. The first-order valence-electron chi connectivity index (χ1n) is 7.28. The topological polar surface area (TPSA) is 75.4 Å². The van der Waals surface area contributed by atoms with Gasteiger partial charge < -0.3 is 10.0 Å². The number of amides is 1. The fourth-order valence-corrected chi connectivity index (χ4v) is 2.43. The summed E-state index contributed by atoms with van der Waals surface area (Å²) in [6, 6.07) is 7.41. The molecule has 23 heavy (non-hydrogen) atoms. The normalized spacial score (nSPS) is 10.5. The predicted octanol–water partition coefficient (Wildman–Crippen LogP) is 2.52. The van der Waals surface area contributed by atoms with Crippen LogP contribution in [0.1, 0.15) is 29.3 Å². The molecule has 0 spiro atoms. The lowest BCUT2D eigenvalue weighted by Crippen LogP contribution is -2.36. The Balaban J connectivity index is 2.12. The Morgan fingerprint density at radius 2 is 2.09 bits per heavy atom. The van der Waals surface area contributed by atoms with Gasteiger partial charge in [-0.25, -0.2) is 0 Å². The molecule has 1 aromatic carbocycles. The number of benzene rings is 1. The van der Waals surface area contributed by atoms with Crippen molar-refractivity contribution in [3.05, 3.63) is 52.8 Å². The van der Waals surface area contributed by atoms with Gasteiger partial charge in [0.15, 0.2) is 0 Å². The molecule has 0 radical (unpaired) electrons. The number of aromatic nitrogens is 2. The van der Waals surface area contributed by atoms with Crippen LogP contribution in [0.3, 0.4) is 0 Å². The number of halogens is 1. The third kappa shape index (κ3) is 4.56. The lowest BCUT2D eigenvalue weighted by Gasteiger charge is -2.18. The summed E-state index contributed by atoms with van der Waals surface area (Å²) in [5.74, 6) is -1.37. The summed E-state index contributed by atoms with van der Waals surface area (Å²) in [4.78, 5) is 24.6. The van der Waals surface area contributed by atoms with Crippen molar-refractivity contribution in [2.24, 2.45) is 0 Å². The largest absolute Gasteiger partial charge is 0.480 e. The highest BCUT2D eigenvalue weighted by Gasteiger charge is 2.19. The number of carbonyl (C=O) groups is 2. The third-order valence-corrected chi connectivity index (χ3v) is 3.65. The van der Waals surface area contributed by atoms with Gasteiger partial charge in [-0.05, 0) is 18.1 Å². The van der Waals surface area contributed by atoms with Gasteiger partial charge in [0.05, 0.1) is 18.3 Å². The lowest BCUT2D eigenvalue weighted by atomic mass is 10.2. The maximum atomic E-state index is 12.4. The van der Waals surface area contributed by atoms with Crippen molar-refractivity contribution in [1.29, 1.82) is 0 Å². The van der Waals surface area contributed by atoms with E-state index in [4.69, 9.17) is 16.7 Å². The van der Waals surface area contributed by atoms with Gasteiger partial charge in [0, 0.05) is 17.8 Å². The maximum Gasteiger partial charge on any atom is 0.323 e. The summed E-state index contributed by atoms with van der Waals surface area (Å²) in [7, 11) is 0. The quantitative estimate of drug-likeness (QED) is 0.843. The van der Waals surface area contributed by atoms with Crippen LogP contribution in [0.5, 0.6) is 0 Å². The van der Waals surface area contributed by atoms with E-state index in [0.29, 0.717) is 30.1 Å². The smallest absolute Gasteiger partial charge is 0.323 e. The Hall–Kier alpha value is -2.34. The van der Waals surface area contributed by atoms with Crippen LogP contribution in [0, 0.1) is 0 Å². The number of carbonyl (C=O) groups excluding carboxylic acids is 1. The summed E-state index contributed by atoms with van der Waals surface area (Å²) in [6.07, 6.45) is 3.74. The minimum atomic E-state index is -1.03. The zero-order valence-corrected chi connectivity index (χ0v) is 13.5. The van der Waals surface area contributed by atoms with E-state index in [1.165, 1.54) is 11.1 Å². The summed E-state index contributed by atoms with van der Waals surface area (Å²) >= 11 is 6.11. The average molecular weight is 336 g/mol. The van der Waals surface area contributed by atoms with Crippen molar-refractivity contribution < 1.29 is 14.7 Å². The van der Waals surface area contributed by atoms with Crippen molar-refractivity contribution in [1.82, 2.24) is 14.7 Å². The maximum absolute atomic E-state index is 12.4. The Morgan fingerprint density at radius 3 is 2.74 bits per heavy atom. The van der Waals surface area contributed by atoms with Crippen molar-refractivity contribution >= 4 is 23.5 Å². The molecule has 0 atom stereocenters. The standard InChI is InChI=1S/C16H18ClN3O3/c1-2-7-19(11-15(21)22)16(23)13-8-18-20(10-13)9-12-5-3-4-6-14(12)17/h3-6,8,10H,2,7,9,11H2,1H3,(H,21,22). The summed E-state index contributed by atoms with van der Waals surface area (Å²) < 4.78 is 1.61. The van der Waals surface area contributed by atoms with Crippen molar-refractivity contribution in [2.75, 3.05) is 13.1 Å². The van der Waals surface area contributed by atoms with Crippen LogP contribution >= 0.6 is 11.6 Å². The number of hydrogen-bond acceptors (Lipinski definition) is 3. The third-order valence-electron chi connectivity index (χ3n) is 3.28. The molecule has 0 saturated carbocycles. The second kappa shape index (κ2) is 7.78. The number of carboxylic acid groups (broad SMARTS) is 1. The zero-order chi connectivity index (χ0) is 16.8. The Bertz CT molecular complexity index is 699. The van der Waals surface area contributed by atoms with Crippen LogP contribution in [0.25, 0.3) is 0 Å². The molecule has 2 rings (SSSR count). The first-order chi connectivity index (χ1) is 11.0. The highest BCUT2D eigenvalue weighted by Crippen LogP contribution is 2.16. The number of rotatable bonds is 7. The van der Waals surface area contributed by atoms with Crippen LogP contribution in [-0.4, -0.2) is 44.8 Å². The van der Waals surface area contributed by atoms with Gasteiger partial charge in [0.25, 0.3) is 5.91 Å². The number of aliphatic carboxylic acids is 1. The molecule has 0 aliphatic carbocycles. The second-order valence-corrected chi connectivity index (χ2v) is 5.55. The van der Waals surface area contributed by atoms with E-state index in [9.17, 15) is 9.59 Å². The minimum absolute atomic E-state index is 0.317. The molecule has 1 aromatic heterocycles. The van der Waals surface area contributed by atoms with E-state index in [1.54, 1.807) is 16.9 Å². The lowest BCUT2D eigenvalue weighted by molar-refractivity contribution is -0.137. The molecular formula is C16H18ClN3O3. The van der Waals surface area contributed by atoms with E-state index >= 15 is 0 Å². The molecule has 0 fully saturated rings. The van der Waals surface area contributed by atoms with Gasteiger partial charge in [0.1, 0.15) is 6.54 Å². The van der Waals surface area contributed by atoms with Crippen LogP contribution in [0.2, 0.25) is 5.02 Å². The van der Waals surface area contributed by atoms with Crippen LogP contribution in [-0.2, 0) is 11.3 Å². The van der Waals surface area contributed by atoms with Crippen molar-refractivity contribution in [2.45, 2.75) is 19.9 Å². The predicted molar refractivity (Wildman–Crippen MR) is 86.6 cm³/mol. The second-order valence-electron chi connectivity index (χ2n) is 5.14. The molecule has 0 unspecified atom stereocenters. The number of carboxylic acids is 1. The average Bonchev–Trinajstić information content (AvgIpc) is 2.96. The van der Waals surface area contributed by atoms with Gasteiger partial charge in [-0.3, -0.25) is 14.3 Å². The van der Waals surface area contributed by atoms with Gasteiger partial charge in [-0.15, -0.1) is 0 Å². The Labute approximate surface area is 139 Å². The SMILES string of the molecule is CCCN(CC(=O)O)C(=O)c1cnn(Cc2ccccc2Cl)c1. The van der Waals surface area contributed by atoms with E-state index in [0.717, 1.165) is 5.56 Å². The number of hydrogen-bond donors (Lipinski definition) is 1. The molecule has 6 nitrogen and oxygen atoms in total. The molecule has 0 bridgehead atoms. The first kappa shape index (κ1) is 17.0. The molecule has 0 aliphatic rings. The van der Waals surface area contributed by atoms with E-state index < -0.39 is 5.97 Å². The monoisotopic (exact) mass is 335 g/mol. The van der Waals surface area contributed by atoms with E-state index in [-0.39, 0.29) is 12.5 Å². The van der Waals surface area contributed by atoms with Gasteiger partial charge in [-0.2, -0.15) is 5.10 Å². The van der Waals surface area contributed by atoms with Crippen LogP contribution in [0.4, 0.5) is 0 Å². The zero-order valence-electron chi connectivity index (χ0n) is 12.8. The Morgan fingerprint density at radius 1 is 1.35 bits per heavy atom. The highest BCUT2D eigenvalue weighted by molar-refractivity contribution is 6.31. The van der Waals surface area contributed by atoms with Crippen LogP contribution < -0.4 is 0 Å². The molecule has 1 heterocycles. The van der Waals surface area contributed by atoms with Gasteiger partial charge in [0.2, 0.25) is 0 Å².